The van der Waals surface area contributed by atoms with Crippen LogP contribution in [0.4, 0.5) is 5.69 Å². The van der Waals surface area contributed by atoms with Gasteiger partial charge < -0.3 is 9.64 Å². The first-order valence-electron chi connectivity index (χ1n) is 9.65. The Morgan fingerprint density at radius 1 is 1.13 bits per heavy atom. The third-order valence-electron chi connectivity index (χ3n) is 4.91. The van der Waals surface area contributed by atoms with Crippen LogP contribution in [0.3, 0.4) is 0 Å². The number of carbonyl (C=O) groups excluding carboxylic acids is 1. The van der Waals surface area contributed by atoms with E-state index in [1.54, 1.807) is 17.9 Å². The van der Waals surface area contributed by atoms with Gasteiger partial charge in [0.05, 0.1) is 4.92 Å². The first kappa shape index (κ1) is 22.4. The first-order chi connectivity index (χ1) is 14.8. The second-order valence-corrected chi connectivity index (χ2v) is 8.85. The molecular formula is C21H23N3O6S. The summed E-state index contributed by atoms with van der Waals surface area (Å²) in [7, 11) is -3.57. The smallest absolute Gasteiger partial charge is 0.272 e. The minimum Gasteiger partial charge on any atom is -0.484 e. The minimum absolute atomic E-state index is 0.0164. The molecule has 1 aliphatic rings. The molecule has 0 aliphatic carbocycles. The van der Waals surface area contributed by atoms with Crippen molar-refractivity contribution in [2.45, 2.75) is 6.92 Å². The molecule has 31 heavy (non-hydrogen) atoms. The lowest BCUT2D eigenvalue weighted by atomic mass is 10.2. The van der Waals surface area contributed by atoms with E-state index in [9.17, 15) is 23.3 Å². The molecule has 0 aromatic heterocycles. The van der Waals surface area contributed by atoms with Gasteiger partial charge in [0.15, 0.2) is 6.61 Å². The monoisotopic (exact) mass is 445 g/mol. The van der Waals surface area contributed by atoms with Gasteiger partial charge in [-0.1, -0.05) is 30.3 Å². The lowest BCUT2D eigenvalue weighted by molar-refractivity contribution is -0.385. The van der Waals surface area contributed by atoms with Crippen LogP contribution in [0.25, 0.3) is 6.08 Å². The van der Waals surface area contributed by atoms with Crippen molar-refractivity contribution in [1.82, 2.24) is 9.21 Å². The number of carbonyl (C=O) groups is 1. The van der Waals surface area contributed by atoms with Crippen LogP contribution in [0.2, 0.25) is 0 Å². The fourth-order valence-corrected chi connectivity index (χ4v) is 4.34. The summed E-state index contributed by atoms with van der Waals surface area (Å²) in [6.07, 6.45) is 1.55. The maximum absolute atomic E-state index is 12.5. The van der Waals surface area contributed by atoms with Gasteiger partial charge in [0.25, 0.3) is 11.6 Å². The summed E-state index contributed by atoms with van der Waals surface area (Å²) >= 11 is 0. The summed E-state index contributed by atoms with van der Waals surface area (Å²) in [5.74, 6) is 0.0941. The SMILES string of the molecule is Cc1cc(OCC(=O)N2CCN(S(=O)(=O)/C=C/c3ccccc3)CC2)ccc1[N+](=O)[O-]. The Kier molecular flexibility index (Phi) is 7.03. The van der Waals surface area contributed by atoms with Gasteiger partial charge in [0.1, 0.15) is 5.75 Å². The predicted octanol–water partition coefficient (Wildman–Crippen LogP) is 2.43. The van der Waals surface area contributed by atoms with Crippen LogP contribution in [0, 0.1) is 17.0 Å². The van der Waals surface area contributed by atoms with Gasteiger partial charge in [0.2, 0.25) is 10.0 Å². The Morgan fingerprint density at radius 2 is 1.81 bits per heavy atom. The third kappa shape index (κ3) is 5.89. The van der Waals surface area contributed by atoms with Crippen LogP contribution in [-0.4, -0.2) is 61.2 Å². The molecule has 10 heteroatoms. The maximum Gasteiger partial charge on any atom is 0.272 e. The van der Waals surface area contributed by atoms with Crippen LogP contribution < -0.4 is 4.74 Å². The predicted molar refractivity (Wildman–Crippen MR) is 116 cm³/mol. The van der Waals surface area contributed by atoms with Crippen LogP contribution >= 0.6 is 0 Å². The van der Waals surface area contributed by atoms with Crippen LogP contribution in [-0.2, 0) is 14.8 Å². The summed E-state index contributed by atoms with van der Waals surface area (Å²) < 4.78 is 31.8. The molecule has 0 atom stereocenters. The normalized spacial score (nSPS) is 15.2. The van der Waals surface area contributed by atoms with Crippen molar-refractivity contribution in [3.63, 3.8) is 0 Å². The molecule has 0 spiro atoms. The Balaban J connectivity index is 1.51. The Labute approximate surface area is 180 Å². The Morgan fingerprint density at radius 3 is 2.42 bits per heavy atom. The minimum atomic E-state index is -3.57. The summed E-state index contributed by atoms with van der Waals surface area (Å²) in [5.41, 5.74) is 1.22. The summed E-state index contributed by atoms with van der Waals surface area (Å²) in [6.45, 7) is 2.30. The molecule has 3 rings (SSSR count). The van der Waals surface area contributed by atoms with E-state index < -0.39 is 14.9 Å². The average Bonchev–Trinajstić information content (AvgIpc) is 2.77. The van der Waals surface area contributed by atoms with Gasteiger partial charge >= 0.3 is 0 Å². The van der Waals surface area contributed by atoms with Crippen LogP contribution in [0.1, 0.15) is 11.1 Å². The fraction of sp³-hybridized carbons (Fsp3) is 0.286. The number of aryl methyl sites for hydroxylation is 1. The topological polar surface area (TPSA) is 110 Å². The number of amides is 1. The van der Waals surface area contributed by atoms with Crippen LogP contribution in [0.5, 0.6) is 5.75 Å². The number of ether oxygens (including phenoxy) is 1. The van der Waals surface area contributed by atoms with Crippen molar-refractivity contribution >= 4 is 27.7 Å². The second-order valence-electron chi connectivity index (χ2n) is 7.03. The highest BCUT2D eigenvalue weighted by atomic mass is 32.2. The summed E-state index contributed by atoms with van der Waals surface area (Å²) in [4.78, 5) is 24.3. The molecule has 2 aromatic carbocycles. The molecule has 2 aromatic rings. The first-order valence-corrected chi connectivity index (χ1v) is 11.2. The molecule has 1 heterocycles. The number of benzene rings is 2. The molecule has 164 valence electrons. The van der Waals surface area contributed by atoms with Gasteiger partial charge in [-0.15, -0.1) is 0 Å². The lowest BCUT2D eigenvalue weighted by Crippen LogP contribution is -2.51. The van der Waals surface area contributed by atoms with E-state index in [-0.39, 0.29) is 44.4 Å². The van der Waals surface area contributed by atoms with E-state index in [1.807, 2.05) is 30.3 Å². The van der Waals surface area contributed by atoms with E-state index in [0.717, 1.165) is 5.56 Å². The van der Waals surface area contributed by atoms with Crippen molar-refractivity contribution in [2.75, 3.05) is 32.8 Å². The molecule has 0 radical (unpaired) electrons. The zero-order chi connectivity index (χ0) is 22.4. The number of sulfonamides is 1. The van der Waals surface area contributed by atoms with Crippen molar-refractivity contribution in [1.29, 1.82) is 0 Å². The lowest BCUT2D eigenvalue weighted by Gasteiger charge is -2.33. The van der Waals surface area contributed by atoms with Gasteiger partial charge in [-0.2, -0.15) is 4.31 Å². The summed E-state index contributed by atoms with van der Waals surface area (Å²) in [6, 6.07) is 13.4. The molecule has 0 saturated carbocycles. The number of hydrogen-bond acceptors (Lipinski definition) is 6. The standard InChI is InChI=1S/C21H23N3O6S/c1-17-15-19(7-8-20(17)24(26)27)30-16-21(25)22-10-12-23(13-11-22)31(28,29)14-9-18-5-3-2-4-6-18/h2-9,14-15H,10-13,16H2,1H3/b14-9+. The van der Waals surface area contributed by atoms with Gasteiger partial charge in [0, 0.05) is 43.2 Å². The van der Waals surface area contributed by atoms with Gasteiger partial charge in [-0.25, -0.2) is 8.42 Å². The number of piperazine rings is 1. The second kappa shape index (κ2) is 9.71. The molecule has 1 aliphatic heterocycles. The van der Waals surface area contributed by atoms with Crippen molar-refractivity contribution in [2.24, 2.45) is 0 Å². The van der Waals surface area contributed by atoms with E-state index in [2.05, 4.69) is 0 Å². The highest BCUT2D eigenvalue weighted by Crippen LogP contribution is 2.23. The number of rotatable bonds is 7. The van der Waals surface area contributed by atoms with Crippen molar-refractivity contribution < 1.29 is 22.9 Å². The zero-order valence-corrected chi connectivity index (χ0v) is 17.8. The molecule has 1 saturated heterocycles. The van der Waals surface area contributed by atoms with Crippen molar-refractivity contribution in [3.05, 3.63) is 75.2 Å². The van der Waals surface area contributed by atoms with E-state index in [4.69, 9.17) is 4.74 Å². The zero-order valence-electron chi connectivity index (χ0n) is 17.0. The highest BCUT2D eigenvalue weighted by Gasteiger charge is 2.27. The third-order valence-corrected chi connectivity index (χ3v) is 6.48. The highest BCUT2D eigenvalue weighted by molar-refractivity contribution is 7.92. The van der Waals surface area contributed by atoms with E-state index >= 15 is 0 Å². The number of nitro groups is 1. The molecule has 0 N–H and O–H groups in total. The Hall–Kier alpha value is -3.24. The van der Waals surface area contributed by atoms with E-state index in [0.29, 0.717) is 11.3 Å². The number of nitro benzene ring substituents is 1. The molecular weight excluding hydrogens is 422 g/mol. The average molecular weight is 445 g/mol. The molecule has 0 unspecified atom stereocenters. The quantitative estimate of drug-likeness (QED) is 0.478. The van der Waals surface area contributed by atoms with E-state index in [1.165, 1.54) is 27.9 Å². The van der Waals surface area contributed by atoms with Crippen molar-refractivity contribution in [3.8, 4) is 5.75 Å². The molecule has 1 fully saturated rings. The number of nitrogens with zero attached hydrogens (tertiary/aromatic N) is 3. The van der Waals surface area contributed by atoms with Crippen LogP contribution in [0.15, 0.2) is 53.9 Å². The molecule has 0 bridgehead atoms. The van der Waals surface area contributed by atoms with Gasteiger partial charge in [-0.05, 0) is 30.7 Å². The summed E-state index contributed by atoms with van der Waals surface area (Å²) in [5, 5.41) is 12.0. The molecule has 9 nitrogen and oxygen atoms in total. The fourth-order valence-electron chi connectivity index (χ4n) is 3.17. The molecule has 1 amide bonds. The maximum atomic E-state index is 12.5. The number of hydrogen-bond donors (Lipinski definition) is 0. The Bertz CT molecular complexity index is 1080. The largest absolute Gasteiger partial charge is 0.484 e. The van der Waals surface area contributed by atoms with Gasteiger partial charge in [-0.3, -0.25) is 14.9 Å².